The normalized spacial score (nSPS) is 10.7. The maximum Gasteiger partial charge on any atom is 0.126 e. The molecule has 22 heavy (non-hydrogen) atoms. The lowest BCUT2D eigenvalue weighted by Crippen LogP contribution is -1.90. The minimum absolute atomic E-state index is 0.143. The van der Waals surface area contributed by atoms with Crippen molar-refractivity contribution in [2.24, 2.45) is 0 Å². The zero-order valence-corrected chi connectivity index (χ0v) is 12.8. The smallest absolute Gasteiger partial charge is 0.126 e. The van der Waals surface area contributed by atoms with E-state index in [1.807, 2.05) is 43.5 Å². The Kier molecular flexibility index (Phi) is 4.01. The van der Waals surface area contributed by atoms with E-state index in [4.69, 9.17) is 0 Å². The SMILES string of the molecule is CCc1cc(-c2ccc(-c3ccccc3C)nc2)ccc1F. The number of benzene rings is 2. The van der Waals surface area contributed by atoms with E-state index in [1.54, 1.807) is 6.07 Å². The van der Waals surface area contributed by atoms with E-state index in [0.29, 0.717) is 6.42 Å². The molecule has 0 radical (unpaired) electrons. The molecule has 0 amide bonds. The summed E-state index contributed by atoms with van der Waals surface area (Å²) in [5.74, 6) is -0.143. The third kappa shape index (κ3) is 2.77. The predicted octanol–water partition coefficient (Wildman–Crippen LogP) is 5.43. The second-order valence-electron chi connectivity index (χ2n) is 5.41. The number of pyridine rings is 1. The third-order valence-electron chi connectivity index (χ3n) is 3.94. The van der Waals surface area contributed by atoms with Crippen molar-refractivity contribution in [2.75, 3.05) is 0 Å². The van der Waals surface area contributed by atoms with Gasteiger partial charge in [-0.3, -0.25) is 4.98 Å². The summed E-state index contributed by atoms with van der Waals surface area (Å²) >= 11 is 0. The molecule has 0 aliphatic heterocycles. The summed E-state index contributed by atoms with van der Waals surface area (Å²) in [6.45, 7) is 4.04. The molecular formula is C20H18FN. The van der Waals surface area contributed by atoms with Crippen molar-refractivity contribution in [3.8, 4) is 22.4 Å². The van der Waals surface area contributed by atoms with Crippen LogP contribution in [0.15, 0.2) is 60.8 Å². The molecule has 2 heteroatoms. The van der Waals surface area contributed by atoms with Gasteiger partial charge in [0.2, 0.25) is 0 Å². The zero-order valence-electron chi connectivity index (χ0n) is 12.8. The summed E-state index contributed by atoms with van der Waals surface area (Å²) in [7, 11) is 0. The van der Waals surface area contributed by atoms with Crippen molar-refractivity contribution in [1.82, 2.24) is 4.98 Å². The molecule has 110 valence electrons. The average molecular weight is 291 g/mol. The Bertz CT molecular complexity index is 791. The Morgan fingerprint density at radius 1 is 0.955 bits per heavy atom. The highest BCUT2D eigenvalue weighted by Gasteiger charge is 2.06. The number of rotatable bonds is 3. The molecule has 0 saturated carbocycles. The summed E-state index contributed by atoms with van der Waals surface area (Å²) in [6, 6.07) is 17.5. The average Bonchev–Trinajstić information content (AvgIpc) is 2.56. The molecule has 0 spiro atoms. The topological polar surface area (TPSA) is 12.9 Å². The highest BCUT2D eigenvalue weighted by molar-refractivity contribution is 5.68. The van der Waals surface area contributed by atoms with Gasteiger partial charge >= 0.3 is 0 Å². The van der Waals surface area contributed by atoms with Gasteiger partial charge in [-0.25, -0.2) is 4.39 Å². The largest absolute Gasteiger partial charge is 0.256 e. The Balaban J connectivity index is 1.97. The molecule has 3 aromatic rings. The lowest BCUT2D eigenvalue weighted by molar-refractivity contribution is 0.612. The molecule has 0 aliphatic rings. The van der Waals surface area contributed by atoms with Gasteiger partial charge in [-0.1, -0.05) is 43.3 Å². The minimum Gasteiger partial charge on any atom is -0.256 e. The maximum absolute atomic E-state index is 13.6. The molecule has 0 saturated heterocycles. The molecule has 0 unspecified atom stereocenters. The minimum atomic E-state index is -0.143. The Labute approximate surface area is 130 Å². The van der Waals surface area contributed by atoms with Crippen molar-refractivity contribution < 1.29 is 4.39 Å². The number of halogens is 1. The Hall–Kier alpha value is -2.48. The van der Waals surface area contributed by atoms with Crippen LogP contribution in [0.5, 0.6) is 0 Å². The summed E-state index contributed by atoms with van der Waals surface area (Å²) < 4.78 is 13.6. The van der Waals surface area contributed by atoms with Crippen LogP contribution >= 0.6 is 0 Å². The maximum atomic E-state index is 13.6. The molecule has 3 rings (SSSR count). The fourth-order valence-electron chi connectivity index (χ4n) is 2.61. The molecule has 0 N–H and O–H groups in total. The van der Waals surface area contributed by atoms with Crippen LogP contribution in [-0.2, 0) is 6.42 Å². The highest BCUT2D eigenvalue weighted by atomic mass is 19.1. The van der Waals surface area contributed by atoms with Crippen molar-refractivity contribution in [1.29, 1.82) is 0 Å². The van der Waals surface area contributed by atoms with Crippen LogP contribution in [0.2, 0.25) is 0 Å². The van der Waals surface area contributed by atoms with Crippen LogP contribution in [-0.4, -0.2) is 4.98 Å². The lowest BCUT2D eigenvalue weighted by atomic mass is 10.0. The van der Waals surface area contributed by atoms with E-state index >= 15 is 0 Å². The Morgan fingerprint density at radius 2 is 1.73 bits per heavy atom. The fourth-order valence-corrected chi connectivity index (χ4v) is 2.61. The van der Waals surface area contributed by atoms with E-state index in [2.05, 4.69) is 24.0 Å². The van der Waals surface area contributed by atoms with Crippen LogP contribution < -0.4 is 0 Å². The van der Waals surface area contributed by atoms with Gasteiger partial charge in [0.15, 0.2) is 0 Å². The first-order valence-corrected chi connectivity index (χ1v) is 7.50. The van der Waals surface area contributed by atoms with Gasteiger partial charge in [-0.2, -0.15) is 0 Å². The van der Waals surface area contributed by atoms with Gasteiger partial charge in [0, 0.05) is 17.3 Å². The highest BCUT2D eigenvalue weighted by Crippen LogP contribution is 2.26. The molecular weight excluding hydrogens is 273 g/mol. The zero-order chi connectivity index (χ0) is 15.5. The van der Waals surface area contributed by atoms with Crippen molar-refractivity contribution in [3.05, 3.63) is 77.7 Å². The van der Waals surface area contributed by atoms with Crippen LogP contribution in [0.4, 0.5) is 4.39 Å². The van der Waals surface area contributed by atoms with E-state index in [9.17, 15) is 4.39 Å². The number of aromatic nitrogens is 1. The summed E-state index contributed by atoms with van der Waals surface area (Å²) in [5.41, 5.74) is 6.05. The lowest BCUT2D eigenvalue weighted by Gasteiger charge is -2.08. The van der Waals surface area contributed by atoms with Crippen molar-refractivity contribution >= 4 is 0 Å². The van der Waals surface area contributed by atoms with E-state index < -0.39 is 0 Å². The van der Waals surface area contributed by atoms with E-state index in [1.165, 1.54) is 11.6 Å². The van der Waals surface area contributed by atoms with E-state index in [0.717, 1.165) is 27.9 Å². The van der Waals surface area contributed by atoms with Crippen molar-refractivity contribution in [2.45, 2.75) is 20.3 Å². The van der Waals surface area contributed by atoms with Gasteiger partial charge in [-0.05, 0) is 48.2 Å². The second kappa shape index (κ2) is 6.10. The molecule has 0 aliphatic carbocycles. The quantitative estimate of drug-likeness (QED) is 0.627. The predicted molar refractivity (Wildman–Crippen MR) is 89.2 cm³/mol. The molecule has 1 heterocycles. The number of nitrogens with zero attached hydrogens (tertiary/aromatic N) is 1. The Morgan fingerprint density at radius 3 is 2.41 bits per heavy atom. The summed E-state index contributed by atoms with van der Waals surface area (Å²) in [5, 5.41) is 0. The summed E-state index contributed by atoms with van der Waals surface area (Å²) in [4.78, 5) is 4.57. The van der Waals surface area contributed by atoms with Crippen LogP contribution in [0.3, 0.4) is 0 Å². The fraction of sp³-hybridized carbons (Fsp3) is 0.150. The molecule has 2 aromatic carbocycles. The molecule has 0 bridgehead atoms. The second-order valence-corrected chi connectivity index (χ2v) is 5.41. The molecule has 1 nitrogen and oxygen atoms in total. The monoisotopic (exact) mass is 291 g/mol. The first-order valence-electron chi connectivity index (χ1n) is 7.50. The first kappa shape index (κ1) is 14.5. The van der Waals surface area contributed by atoms with Gasteiger partial charge in [0.25, 0.3) is 0 Å². The molecule has 0 fully saturated rings. The van der Waals surface area contributed by atoms with Crippen LogP contribution in [0, 0.1) is 12.7 Å². The van der Waals surface area contributed by atoms with E-state index in [-0.39, 0.29) is 5.82 Å². The molecule has 1 aromatic heterocycles. The van der Waals surface area contributed by atoms with Crippen LogP contribution in [0.25, 0.3) is 22.4 Å². The van der Waals surface area contributed by atoms with Gasteiger partial charge in [0.05, 0.1) is 5.69 Å². The number of aryl methyl sites for hydroxylation is 2. The number of hydrogen-bond donors (Lipinski definition) is 0. The van der Waals surface area contributed by atoms with Gasteiger partial charge in [-0.15, -0.1) is 0 Å². The first-order chi connectivity index (χ1) is 10.7. The van der Waals surface area contributed by atoms with Gasteiger partial charge in [0.1, 0.15) is 5.82 Å². The third-order valence-corrected chi connectivity index (χ3v) is 3.94. The summed E-state index contributed by atoms with van der Waals surface area (Å²) in [6.07, 6.45) is 2.54. The standard InChI is InChI=1S/C20H18FN/c1-3-15-12-16(8-10-19(15)21)17-9-11-20(22-13-17)18-7-5-4-6-14(18)2/h4-13H,3H2,1-2H3. The van der Waals surface area contributed by atoms with Crippen molar-refractivity contribution in [3.63, 3.8) is 0 Å². The molecule has 0 atom stereocenters. The van der Waals surface area contributed by atoms with Gasteiger partial charge < -0.3 is 0 Å². The van der Waals surface area contributed by atoms with Crippen LogP contribution in [0.1, 0.15) is 18.1 Å². The number of hydrogen-bond acceptors (Lipinski definition) is 1.